The predicted molar refractivity (Wildman–Crippen MR) is 101 cm³/mol. The maximum atomic E-state index is 12.6. The minimum absolute atomic E-state index is 0.0798. The van der Waals surface area contributed by atoms with Gasteiger partial charge >= 0.3 is 6.03 Å². The van der Waals surface area contributed by atoms with Crippen molar-refractivity contribution in [3.63, 3.8) is 0 Å². The number of para-hydroxylation sites is 1. The number of anilines is 1. The van der Waals surface area contributed by atoms with Crippen LogP contribution in [0.15, 0.2) is 48.5 Å². The summed E-state index contributed by atoms with van der Waals surface area (Å²) in [6, 6.07) is 15.7. The summed E-state index contributed by atoms with van der Waals surface area (Å²) in [7, 11) is 1.56. The van der Waals surface area contributed by atoms with Gasteiger partial charge in [0.05, 0.1) is 18.4 Å². The molecule has 0 atom stereocenters. The van der Waals surface area contributed by atoms with Gasteiger partial charge in [0.2, 0.25) is 0 Å². The van der Waals surface area contributed by atoms with Crippen molar-refractivity contribution in [3.8, 4) is 11.8 Å². The third-order valence-corrected chi connectivity index (χ3v) is 4.46. The lowest BCUT2D eigenvalue weighted by molar-refractivity contribution is 0.0671. The number of methoxy groups -OCH3 is 1. The molecule has 0 bridgehead atoms. The maximum Gasteiger partial charge on any atom is 0.322 e. The number of hydrogen-bond acceptors (Lipinski definition) is 4. The van der Waals surface area contributed by atoms with Gasteiger partial charge in [0, 0.05) is 31.7 Å². The first-order valence-electron chi connectivity index (χ1n) is 8.61. The lowest BCUT2D eigenvalue weighted by Crippen LogP contribution is -2.51. The number of carbonyl (C=O) groups is 2. The van der Waals surface area contributed by atoms with E-state index in [4.69, 9.17) is 10.00 Å². The van der Waals surface area contributed by atoms with Crippen molar-refractivity contribution in [2.24, 2.45) is 0 Å². The Morgan fingerprint density at radius 1 is 1.04 bits per heavy atom. The number of carbonyl (C=O) groups excluding carboxylic acids is 2. The summed E-state index contributed by atoms with van der Waals surface area (Å²) in [5.74, 6) is 0.554. The summed E-state index contributed by atoms with van der Waals surface area (Å²) in [5, 5.41) is 11.9. The van der Waals surface area contributed by atoms with Gasteiger partial charge in [-0.1, -0.05) is 18.2 Å². The summed E-state index contributed by atoms with van der Waals surface area (Å²) >= 11 is 0. The molecule has 7 nitrogen and oxygen atoms in total. The van der Waals surface area contributed by atoms with Crippen molar-refractivity contribution in [2.75, 3.05) is 38.6 Å². The average Bonchev–Trinajstić information content (AvgIpc) is 2.73. The van der Waals surface area contributed by atoms with Crippen molar-refractivity contribution >= 4 is 17.6 Å². The number of nitriles is 1. The molecule has 1 N–H and O–H groups in total. The van der Waals surface area contributed by atoms with Crippen LogP contribution in [-0.2, 0) is 0 Å². The Labute approximate surface area is 157 Å². The smallest absolute Gasteiger partial charge is 0.322 e. The lowest BCUT2D eigenvalue weighted by atomic mass is 10.1. The van der Waals surface area contributed by atoms with E-state index in [-0.39, 0.29) is 11.9 Å². The minimum Gasteiger partial charge on any atom is -0.497 e. The van der Waals surface area contributed by atoms with E-state index >= 15 is 0 Å². The number of rotatable bonds is 3. The quantitative estimate of drug-likeness (QED) is 0.907. The average molecular weight is 364 g/mol. The van der Waals surface area contributed by atoms with Gasteiger partial charge in [-0.15, -0.1) is 0 Å². The van der Waals surface area contributed by atoms with Crippen LogP contribution in [0.25, 0.3) is 0 Å². The highest BCUT2D eigenvalue weighted by Crippen LogP contribution is 2.17. The molecule has 138 valence electrons. The summed E-state index contributed by atoms with van der Waals surface area (Å²) in [4.78, 5) is 28.5. The number of amides is 3. The van der Waals surface area contributed by atoms with Gasteiger partial charge < -0.3 is 19.9 Å². The second-order valence-electron chi connectivity index (χ2n) is 6.10. The molecule has 0 aliphatic carbocycles. The summed E-state index contributed by atoms with van der Waals surface area (Å²) < 4.78 is 5.16. The molecule has 0 unspecified atom stereocenters. The van der Waals surface area contributed by atoms with Crippen LogP contribution < -0.4 is 10.1 Å². The van der Waals surface area contributed by atoms with Crippen LogP contribution in [0.5, 0.6) is 5.75 Å². The number of ether oxygens (including phenoxy) is 1. The first-order valence-corrected chi connectivity index (χ1v) is 8.61. The van der Waals surface area contributed by atoms with Gasteiger partial charge in [0.15, 0.2) is 0 Å². The van der Waals surface area contributed by atoms with Crippen LogP contribution in [0, 0.1) is 11.3 Å². The second kappa shape index (κ2) is 8.23. The molecular formula is C20H20N4O3. The van der Waals surface area contributed by atoms with Crippen molar-refractivity contribution in [2.45, 2.75) is 0 Å². The number of hydrogen-bond donors (Lipinski definition) is 1. The molecule has 2 aromatic carbocycles. The fourth-order valence-electron chi connectivity index (χ4n) is 2.94. The maximum absolute atomic E-state index is 12.6. The SMILES string of the molecule is COc1cccc(C(=O)N2CCN(C(=O)Nc3ccccc3C#N)CC2)c1. The highest BCUT2D eigenvalue weighted by Gasteiger charge is 2.25. The molecule has 0 saturated carbocycles. The van der Waals surface area contributed by atoms with E-state index in [1.807, 2.05) is 0 Å². The van der Waals surface area contributed by atoms with Crippen molar-refractivity contribution in [1.29, 1.82) is 5.26 Å². The zero-order valence-electron chi connectivity index (χ0n) is 15.0. The van der Waals surface area contributed by atoms with E-state index in [0.717, 1.165) is 0 Å². The fourth-order valence-corrected chi connectivity index (χ4v) is 2.94. The monoisotopic (exact) mass is 364 g/mol. The molecule has 3 rings (SSSR count). The zero-order valence-corrected chi connectivity index (χ0v) is 15.0. The summed E-state index contributed by atoms with van der Waals surface area (Å²) in [5.41, 5.74) is 1.47. The number of nitrogens with one attached hydrogen (secondary N) is 1. The van der Waals surface area contributed by atoms with E-state index in [1.54, 1.807) is 65.4 Å². The Balaban J connectivity index is 1.59. The highest BCUT2D eigenvalue weighted by atomic mass is 16.5. The molecule has 1 aliphatic rings. The van der Waals surface area contributed by atoms with Crippen LogP contribution in [-0.4, -0.2) is 55.0 Å². The Morgan fingerprint density at radius 3 is 2.44 bits per heavy atom. The van der Waals surface area contributed by atoms with E-state index in [0.29, 0.717) is 48.7 Å². The number of benzene rings is 2. The normalized spacial score (nSPS) is 13.6. The van der Waals surface area contributed by atoms with Crippen LogP contribution in [0.4, 0.5) is 10.5 Å². The van der Waals surface area contributed by atoms with Crippen molar-refractivity contribution in [1.82, 2.24) is 9.80 Å². The Hall–Kier alpha value is -3.53. The molecule has 0 radical (unpaired) electrons. The van der Waals surface area contributed by atoms with Crippen LogP contribution in [0.1, 0.15) is 15.9 Å². The molecule has 0 spiro atoms. The molecule has 2 aromatic rings. The first kappa shape index (κ1) is 18.3. The van der Waals surface area contributed by atoms with Gasteiger partial charge in [-0.2, -0.15) is 5.26 Å². The van der Waals surface area contributed by atoms with E-state index in [2.05, 4.69) is 11.4 Å². The summed E-state index contributed by atoms with van der Waals surface area (Å²) in [6.07, 6.45) is 0. The molecule has 7 heteroatoms. The minimum atomic E-state index is -0.272. The van der Waals surface area contributed by atoms with Gasteiger partial charge in [-0.25, -0.2) is 4.79 Å². The molecule has 0 aromatic heterocycles. The molecule has 1 saturated heterocycles. The fraction of sp³-hybridized carbons (Fsp3) is 0.250. The third-order valence-electron chi connectivity index (χ3n) is 4.46. The topological polar surface area (TPSA) is 85.7 Å². The van der Waals surface area contributed by atoms with E-state index in [1.165, 1.54) is 0 Å². The van der Waals surface area contributed by atoms with Crippen LogP contribution in [0.2, 0.25) is 0 Å². The van der Waals surface area contributed by atoms with Gasteiger partial charge in [0.25, 0.3) is 5.91 Å². The Kier molecular flexibility index (Phi) is 5.57. The van der Waals surface area contributed by atoms with Crippen LogP contribution >= 0.6 is 0 Å². The van der Waals surface area contributed by atoms with Gasteiger partial charge in [0.1, 0.15) is 11.8 Å². The number of nitrogens with zero attached hydrogens (tertiary/aromatic N) is 3. The molecule has 1 heterocycles. The first-order chi connectivity index (χ1) is 13.1. The highest BCUT2D eigenvalue weighted by molar-refractivity contribution is 5.95. The molecule has 3 amide bonds. The Bertz CT molecular complexity index is 883. The largest absolute Gasteiger partial charge is 0.497 e. The van der Waals surface area contributed by atoms with Gasteiger partial charge in [-0.05, 0) is 30.3 Å². The predicted octanol–water partition coefficient (Wildman–Crippen LogP) is 2.56. The lowest BCUT2D eigenvalue weighted by Gasteiger charge is -2.34. The molecule has 1 aliphatic heterocycles. The van der Waals surface area contributed by atoms with E-state index in [9.17, 15) is 9.59 Å². The van der Waals surface area contributed by atoms with E-state index < -0.39 is 0 Å². The molecule has 1 fully saturated rings. The van der Waals surface area contributed by atoms with Crippen molar-refractivity contribution in [3.05, 3.63) is 59.7 Å². The van der Waals surface area contributed by atoms with Crippen molar-refractivity contribution < 1.29 is 14.3 Å². The van der Waals surface area contributed by atoms with Crippen LogP contribution in [0.3, 0.4) is 0 Å². The Morgan fingerprint density at radius 2 is 1.74 bits per heavy atom. The molecular weight excluding hydrogens is 344 g/mol. The third kappa shape index (κ3) is 4.18. The second-order valence-corrected chi connectivity index (χ2v) is 6.10. The standard InChI is InChI=1S/C20H20N4O3/c1-27-17-7-4-6-15(13-17)19(25)23-9-11-24(12-10-23)20(26)22-18-8-3-2-5-16(18)14-21/h2-8,13H,9-12H2,1H3,(H,22,26). The summed E-state index contributed by atoms with van der Waals surface area (Å²) in [6.45, 7) is 1.75. The molecule has 27 heavy (non-hydrogen) atoms. The number of urea groups is 1. The van der Waals surface area contributed by atoms with Gasteiger partial charge in [-0.3, -0.25) is 4.79 Å². The zero-order chi connectivity index (χ0) is 19.2. The number of piperazine rings is 1.